The first-order chi connectivity index (χ1) is 15.1. The van der Waals surface area contributed by atoms with Crippen molar-refractivity contribution in [3.05, 3.63) is 51.9 Å². The molecule has 3 rings (SSSR count). The van der Waals surface area contributed by atoms with E-state index in [1.54, 1.807) is 6.92 Å². The summed E-state index contributed by atoms with van der Waals surface area (Å²) in [4.78, 5) is 26.7. The lowest BCUT2D eigenvalue weighted by molar-refractivity contribution is -0.114. The molecule has 2 aromatic rings. The molecule has 1 aliphatic rings. The van der Waals surface area contributed by atoms with Crippen LogP contribution in [0.4, 0.5) is 5.69 Å². The Bertz CT molecular complexity index is 1240. The lowest BCUT2D eigenvalue weighted by Gasteiger charge is -2.14. The molecule has 0 saturated heterocycles. The van der Waals surface area contributed by atoms with Crippen LogP contribution in [0.15, 0.2) is 51.2 Å². The standard InChI is InChI=1S/C20H18ClN3O6S2/c1-3-29-16-9-12(10-17-19(26)24-20(22)31-17)8-15(21)18(16)30-32(27,28)14-6-4-13(5-7-14)23-11(2)25/h4-10H,3H2,1-2H3,(H,23,25)(H2,22,24,26)/b17-10+. The molecule has 3 N–H and O–H groups in total. The number of halogens is 1. The smallest absolute Gasteiger partial charge is 0.339 e. The minimum absolute atomic E-state index is 0.0365. The van der Waals surface area contributed by atoms with Crippen molar-refractivity contribution in [2.45, 2.75) is 18.7 Å². The quantitative estimate of drug-likeness (QED) is 0.440. The van der Waals surface area contributed by atoms with Gasteiger partial charge in [0.25, 0.3) is 5.91 Å². The van der Waals surface area contributed by atoms with Gasteiger partial charge in [-0.2, -0.15) is 13.4 Å². The normalized spacial score (nSPS) is 14.9. The van der Waals surface area contributed by atoms with E-state index in [9.17, 15) is 18.0 Å². The van der Waals surface area contributed by atoms with Crippen LogP contribution in [-0.2, 0) is 19.7 Å². The lowest BCUT2D eigenvalue weighted by Crippen LogP contribution is -2.12. The number of nitrogens with two attached hydrogens (primary N) is 1. The third-order valence-corrected chi connectivity index (χ3v) is 6.25. The molecular weight excluding hydrogens is 478 g/mol. The van der Waals surface area contributed by atoms with E-state index < -0.39 is 16.0 Å². The van der Waals surface area contributed by atoms with Crippen molar-refractivity contribution >= 4 is 62.2 Å². The van der Waals surface area contributed by atoms with Crippen molar-refractivity contribution in [1.29, 1.82) is 0 Å². The maximum atomic E-state index is 12.8. The predicted octanol–water partition coefficient (Wildman–Crippen LogP) is 3.39. The second kappa shape index (κ2) is 9.63. The number of nitrogens with one attached hydrogen (secondary N) is 1. The Kier molecular flexibility index (Phi) is 7.12. The Morgan fingerprint density at radius 3 is 2.53 bits per heavy atom. The van der Waals surface area contributed by atoms with Gasteiger partial charge in [0.05, 0.1) is 16.5 Å². The Labute approximate surface area is 193 Å². The van der Waals surface area contributed by atoms with Crippen LogP contribution < -0.4 is 20.0 Å². The SMILES string of the molecule is CCOc1cc(/C=C2/SC(N)=NC2=O)cc(Cl)c1OS(=O)(=O)c1ccc(NC(C)=O)cc1. The zero-order valence-electron chi connectivity index (χ0n) is 16.9. The van der Waals surface area contributed by atoms with Gasteiger partial charge < -0.3 is 20.0 Å². The summed E-state index contributed by atoms with van der Waals surface area (Å²) < 4.78 is 36.3. The van der Waals surface area contributed by atoms with E-state index in [-0.39, 0.29) is 39.1 Å². The molecule has 0 fully saturated rings. The number of rotatable bonds is 7. The molecule has 0 radical (unpaired) electrons. The number of aliphatic imine (C=N–C) groups is 1. The van der Waals surface area contributed by atoms with Crippen LogP contribution >= 0.6 is 23.4 Å². The molecule has 9 nitrogen and oxygen atoms in total. The molecule has 0 spiro atoms. The van der Waals surface area contributed by atoms with Crippen LogP contribution in [0.3, 0.4) is 0 Å². The molecule has 168 valence electrons. The first-order valence-electron chi connectivity index (χ1n) is 9.15. The van der Waals surface area contributed by atoms with Crippen LogP contribution in [0, 0.1) is 0 Å². The minimum Gasteiger partial charge on any atom is -0.490 e. The van der Waals surface area contributed by atoms with Gasteiger partial charge in [-0.05, 0) is 66.7 Å². The summed E-state index contributed by atoms with van der Waals surface area (Å²) in [6.07, 6.45) is 1.52. The number of hydrogen-bond donors (Lipinski definition) is 2. The van der Waals surface area contributed by atoms with Gasteiger partial charge in [-0.25, -0.2) is 0 Å². The highest BCUT2D eigenvalue weighted by Gasteiger charge is 2.24. The molecule has 1 aliphatic heterocycles. The molecule has 12 heteroatoms. The average Bonchev–Trinajstić information content (AvgIpc) is 3.01. The summed E-state index contributed by atoms with van der Waals surface area (Å²) >= 11 is 7.32. The Morgan fingerprint density at radius 2 is 1.97 bits per heavy atom. The second-order valence-electron chi connectivity index (χ2n) is 6.37. The molecule has 2 amide bonds. The van der Waals surface area contributed by atoms with E-state index in [1.807, 2.05) is 0 Å². The van der Waals surface area contributed by atoms with Crippen molar-refractivity contribution in [2.75, 3.05) is 11.9 Å². The van der Waals surface area contributed by atoms with Gasteiger partial charge in [0.1, 0.15) is 4.90 Å². The number of benzene rings is 2. The number of carbonyl (C=O) groups is 2. The summed E-state index contributed by atoms with van der Waals surface area (Å²) in [5.41, 5.74) is 6.46. The summed E-state index contributed by atoms with van der Waals surface area (Å²) in [5, 5.41) is 2.64. The largest absolute Gasteiger partial charge is 0.490 e. The van der Waals surface area contributed by atoms with Crippen molar-refractivity contribution < 1.29 is 26.9 Å². The highest BCUT2D eigenvalue weighted by Crippen LogP contribution is 2.40. The number of thioether (sulfide) groups is 1. The van der Waals surface area contributed by atoms with Gasteiger partial charge in [0.2, 0.25) is 11.7 Å². The van der Waals surface area contributed by atoms with Gasteiger partial charge in [0.15, 0.2) is 10.9 Å². The number of hydrogen-bond acceptors (Lipinski definition) is 8. The zero-order chi connectivity index (χ0) is 23.5. The molecule has 1 heterocycles. The van der Waals surface area contributed by atoms with Crippen LogP contribution in [0.25, 0.3) is 6.08 Å². The third-order valence-electron chi connectivity index (χ3n) is 3.92. The average molecular weight is 496 g/mol. The van der Waals surface area contributed by atoms with E-state index in [2.05, 4.69) is 10.3 Å². The molecule has 0 aliphatic carbocycles. The van der Waals surface area contributed by atoms with Crippen molar-refractivity contribution in [3.63, 3.8) is 0 Å². The van der Waals surface area contributed by atoms with Crippen molar-refractivity contribution in [1.82, 2.24) is 0 Å². The molecule has 0 unspecified atom stereocenters. The maximum Gasteiger partial charge on any atom is 0.339 e. The van der Waals surface area contributed by atoms with Gasteiger partial charge in [0, 0.05) is 12.6 Å². The third kappa shape index (κ3) is 5.61. The summed E-state index contributed by atoms with van der Waals surface area (Å²) in [6.45, 7) is 3.26. The number of nitrogens with zero attached hydrogens (tertiary/aromatic N) is 1. The van der Waals surface area contributed by atoms with Crippen molar-refractivity contribution in [2.24, 2.45) is 10.7 Å². The Morgan fingerprint density at radius 1 is 1.28 bits per heavy atom. The topological polar surface area (TPSA) is 137 Å². The summed E-state index contributed by atoms with van der Waals surface area (Å²) in [6, 6.07) is 8.38. The lowest BCUT2D eigenvalue weighted by atomic mass is 10.2. The van der Waals surface area contributed by atoms with E-state index >= 15 is 0 Å². The molecular formula is C20H18ClN3O6S2. The summed E-state index contributed by atoms with van der Waals surface area (Å²) in [7, 11) is -4.26. The first kappa shape index (κ1) is 23.6. The second-order valence-corrected chi connectivity index (χ2v) is 9.39. The van der Waals surface area contributed by atoms with Gasteiger partial charge in [-0.1, -0.05) is 11.6 Å². The molecule has 0 saturated carbocycles. The fourth-order valence-corrected chi connectivity index (χ4v) is 4.60. The van der Waals surface area contributed by atoms with Gasteiger partial charge in [-0.15, -0.1) is 0 Å². The van der Waals surface area contributed by atoms with E-state index in [0.29, 0.717) is 16.2 Å². The van der Waals surface area contributed by atoms with Crippen LogP contribution in [0.2, 0.25) is 5.02 Å². The number of amidine groups is 1. The van der Waals surface area contributed by atoms with E-state index in [4.69, 9.17) is 26.3 Å². The summed E-state index contributed by atoms with van der Waals surface area (Å²) in [5.74, 6) is -0.878. The molecule has 0 bridgehead atoms. The molecule has 2 aromatic carbocycles. The first-order valence-corrected chi connectivity index (χ1v) is 11.8. The van der Waals surface area contributed by atoms with E-state index in [1.165, 1.54) is 49.4 Å². The highest BCUT2D eigenvalue weighted by atomic mass is 35.5. The highest BCUT2D eigenvalue weighted by molar-refractivity contribution is 8.18. The molecule has 0 atom stereocenters. The number of ether oxygens (including phenoxy) is 1. The van der Waals surface area contributed by atoms with Crippen LogP contribution in [0.1, 0.15) is 19.4 Å². The fraction of sp³-hybridized carbons (Fsp3) is 0.150. The van der Waals surface area contributed by atoms with Gasteiger partial charge >= 0.3 is 10.1 Å². The number of anilines is 1. The predicted molar refractivity (Wildman–Crippen MR) is 123 cm³/mol. The van der Waals surface area contributed by atoms with Crippen LogP contribution in [0.5, 0.6) is 11.5 Å². The Balaban J connectivity index is 1.92. The van der Waals surface area contributed by atoms with Crippen LogP contribution in [-0.4, -0.2) is 32.0 Å². The zero-order valence-corrected chi connectivity index (χ0v) is 19.3. The Hall–Kier alpha value is -3.02. The van der Waals surface area contributed by atoms with Crippen molar-refractivity contribution in [3.8, 4) is 11.5 Å². The number of amides is 2. The monoisotopic (exact) mass is 495 g/mol. The van der Waals surface area contributed by atoms with E-state index in [0.717, 1.165) is 11.8 Å². The van der Waals surface area contributed by atoms with Gasteiger partial charge in [-0.3, -0.25) is 9.59 Å². The minimum atomic E-state index is -4.26. The number of carbonyl (C=O) groups excluding carboxylic acids is 2. The molecule has 32 heavy (non-hydrogen) atoms. The molecule has 0 aromatic heterocycles. The fourth-order valence-electron chi connectivity index (χ4n) is 2.66. The maximum absolute atomic E-state index is 12.8.